The van der Waals surface area contributed by atoms with Crippen LogP contribution in [0.1, 0.15) is 47.9 Å². The summed E-state index contributed by atoms with van der Waals surface area (Å²) in [4.78, 5) is 17.3. The minimum absolute atomic E-state index is 0.215. The maximum Gasteiger partial charge on any atom is 0.253 e. The van der Waals surface area contributed by atoms with Crippen molar-refractivity contribution in [2.24, 2.45) is 0 Å². The third-order valence-electron chi connectivity index (χ3n) is 5.60. The highest BCUT2D eigenvalue weighted by atomic mass is 35.5. The molecule has 6 heteroatoms. The SMILES string of the molecule is CC(C)c1ccc(OCCCn2c(CNC(=O)c3ccccc3Cl)nc3ccccc32)cc1. The van der Waals surface area contributed by atoms with Crippen molar-refractivity contribution in [1.29, 1.82) is 0 Å². The molecule has 170 valence electrons. The van der Waals surface area contributed by atoms with Gasteiger partial charge in [-0.05, 0) is 54.3 Å². The number of rotatable bonds is 9. The number of nitrogens with zero attached hydrogens (tertiary/aromatic N) is 2. The van der Waals surface area contributed by atoms with Gasteiger partial charge in [0.2, 0.25) is 0 Å². The summed E-state index contributed by atoms with van der Waals surface area (Å²) in [6.45, 7) is 6.01. The highest BCUT2D eigenvalue weighted by Crippen LogP contribution is 2.20. The van der Waals surface area contributed by atoms with Gasteiger partial charge in [-0.1, -0.05) is 61.8 Å². The van der Waals surface area contributed by atoms with Crippen molar-refractivity contribution >= 4 is 28.5 Å². The Kier molecular flexibility index (Phi) is 7.30. The number of benzene rings is 3. The van der Waals surface area contributed by atoms with Gasteiger partial charge in [-0.15, -0.1) is 0 Å². The van der Waals surface area contributed by atoms with E-state index in [0.29, 0.717) is 29.7 Å². The van der Waals surface area contributed by atoms with E-state index < -0.39 is 0 Å². The molecule has 3 aromatic carbocycles. The highest BCUT2D eigenvalue weighted by Gasteiger charge is 2.14. The molecule has 0 atom stereocenters. The molecule has 0 fully saturated rings. The molecule has 0 bridgehead atoms. The van der Waals surface area contributed by atoms with E-state index in [1.165, 1.54) is 5.56 Å². The van der Waals surface area contributed by atoms with E-state index in [0.717, 1.165) is 35.6 Å². The molecule has 0 aliphatic rings. The first-order valence-electron chi connectivity index (χ1n) is 11.2. The molecule has 0 spiro atoms. The Morgan fingerprint density at radius 3 is 2.52 bits per heavy atom. The van der Waals surface area contributed by atoms with Crippen LogP contribution in [0.5, 0.6) is 5.75 Å². The van der Waals surface area contributed by atoms with Crippen LogP contribution in [-0.4, -0.2) is 22.1 Å². The second-order valence-electron chi connectivity index (χ2n) is 8.26. The molecule has 33 heavy (non-hydrogen) atoms. The van der Waals surface area contributed by atoms with Crippen LogP contribution in [0.3, 0.4) is 0 Å². The van der Waals surface area contributed by atoms with Crippen molar-refractivity contribution in [3.63, 3.8) is 0 Å². The third-order valence-corrected chi connectivity index (χ3v) is 5.93. The number of aryl methyl sites for hydroxylation is 1. The normalized spacial score (nSPS) is 11.2. The maximum absolute atomic E-state index is 12.6. The Morgan fingerprint density at radius 1 is 1.03 bits per heavy atom. The summed E-state index contributed by atoms with van der Waals surface area (Å²) in [6, 6.07) is 23.3. The first kappa shape index (κ1) is 22.9. The van der Waals surface area contributed by atoms with Crippen molar-refractivity contribution < 1.29 is 9.53 Å². The van der Waals surface area contributed by atoms with Crippen LogP contribution in [0.4, 0.5) is 0 Å². The number of aromatic nitrogens is 2. The van der Waals surface area contributed by atoms with E-state index in [9.17, 15) is 4.79 Å². The largest absolute Gasteiger partial charge is 0.494 e. The van der Waals surface area contributed by atoms with Crippen LogP contribution < -0.4 is 10.1 Å². The summed E-state index contributed by atoms with van der Waals surface area (Å²) in [5.41, 5.74) is 3.71. The second-order valence-corrected chi connectivity index (χ2v) is 8.66. The van der Waals surface area contributed by atoms with Crippen LogP contribution >= 0.6 is 11.6 Å². The van der Waals surface area contributed by atoms with E-state index >= 15 is 0 Å². The molecule has 0 radical (unpaired) electrons. The van der Waals surface area contributed by atoms with Crippen LogP contribution in [0, 0.1) is 0 Å². The van der Waals surface area contributed by atoms with Crippen LogP contribution in [-0.2, 0) is 13.1 Å². The van der Waals surface area contributed by atoms with Gasteiger partial charge in [0.15, 0.2) is 0 Å². The van der Waals surface area contributed by atoms with Crippen molar-refractivity contribution in [3.05, 3.63) is 94.8 Å². The van der Waals surface area contributed by atoms with Crippen molar-refractivity contribution in [3.8, 4) is 5.75 Å². The molecular weight excluding hydrogens is 434 g/mol. The Balaban J connectivity index is 1.40. The number of hydrogen-bond donors (Lipinski definition) is 1. The fourth-order valence-electron chi connectivity index (χ4n) is 3.77. The Morgan fingerprint density at radius 2 is 1.76 bits per heavy atom. The number of carbonyl (C=O) groups is 1. The van der Waals surface area contributed by atoms with Crippen molar-refractivity contribution in [1.82, 2.24) is 14.9 Å². The molecule has 5 nitrogen and oxygen atoms in total. The van der Waals surface area contributed by atoms with E-state index in [2.05, 4.69) is 35.9 Å². The zero-order valence-electron chi connectivity index (χ0n) is 18.9. The fraction of sp³-hybridized carbons (Fsp3) is 0.259. The Hall–Kier alpha value is -3.31. The van der Waals surface area contributed by atoms with Gasteiger partial charge in [-0.25, -0.2) is 4.98 Å². The maximum atomic E-state index is 12.6. The summed E-state index contributed by atoms with van der Waals surface area (Å²) in [7, 11) is 0. The lowest BCUT2D eigenvalue weighted by Crippen LogP contribution is -2.25. The Bertz CT molecular complexity index is 1230. The van der Waals surface area contributed by atoms with Gasteiger partial charge >= 0.3 is 0 Å². The lowest BCUT2D eigenvalue weighted by Gasteiger charge is -2.12. The molecule has 1 N–H and O–H groups in total. The topological polar surface area (TPSA) is 56.1 Å². The number of nitrogens with one attached hydrogen (secondary N) is 1. The highest BCUT2D eigenvalue weighted by molar-refractivity contribution is 6.33. The summed E-state index contributed by atoms with van der Waals surface area (Å²) in [5.74, 6) is 1.97. The average Bonchev–Trinajstić information content (AvgIpc) is 3.18. The average molecular weight is 462 g/mol. The lowest BCUT2D eigenvalue weighted by atomic mass is 10.0. The molecule has 0 saturated carbocycles. The number of amides is 1. The zero-order chi connectivity index (χ0) is 23.2. The van der Waals surface area contributed by atoms with E-state index in [1.54, 1.807) is 24.3 Å². The van der Waals surface area contributed by atoms with Gasteiger partial charge < -0.3 is 14.6 Å². The number of halogens is 1. The molecule has 0 aliphatic carbocycles. The molecule has 1 aromatic heterocycles. The minimum atomic E-state index is -0.215. The molecule has 1 heterocycles. The fourth-order valence-corrected chi connectivity index (χ4v) is 3.99. The van der Waals surface area contributed by atoms with E-state index in [1.807, 2.05) is 36.4 Å². The minimum Gasteiger partial charge on any atom is -0.494 e. The number of carbonyl (C=O) groups excluding carboxylic acids is 1. The monoisotopic (exact) mass is 461 g/mol. The number of imidazole rings is 1. The van der Waals surface area contributed by atoms with Crippen LogP contribution in [0.25, 0.3) is 11.0 Å². The second kappa shape index (κ2) is 10.5. The smallest absolute Gasteiger partial charge is 0.253 e. The number of hydrogen-bond acceptors (Lipinski definition) is 3. The van der Waals surface area contributed by atoms with Gasteiger partial charge in [0, 0.05) is 6.54 Å². The van der Waals surface area contributed by atoms with Gasteiger partial charge in [0.05, 0.1) is 34.8 Å². The standard InChI is InChI=1S/C27H28ClN3O2/c1-19(2)20-12-14-21(15-13-20)33-17-7-16-31-25-11-6-5-10-24(25)30-26(31)18-29-27(32)22-8-3-4-9-23(22)28/h3-6,8-15,19H,7,16-18H2,1-2H3,(H,29,32). The summed E-state index contributed by atoms with van der Waals surface area (Å²) in [6.07, 6.45) is 0.817. The first-order valence-corrected chi connectivity index (χ1v) is 11.6. The Labute approximate surface area is 199 Å². The number of ether oxygens (including phenoxy) is 1. The van der Waals surface area contributed by atoms with Crippen molar-refractivity contribution in [2.75, 3.05) is 6.61 Å². The van der Waals surface area contributed by atoms with Gasteiger partial charge in [-0.2, -0.15) is 0 Å². The summed E-state index contributed by atoms with van der Waals surface area (Å²) in [5, 5.41) is 3.38. The molecule has 4 rings (SSSR count). The summed E-state index contributed by atoms with van der Waals surface area (Å²) < 4.78 is 8.09. The first-order chi connectivity index (χ1) is 16.0. The van der Waals surface area contributed by atoms with Gasteiger partial charge in [0.1, 0.15) is 11.6 Å². The molecule has 0 unspecified atom stereocenters. The van der Waals surface area contributed by atoms with Crippen LogP contribution in [0.2, 0.25) is 5.02 Å². The quantitative estimate of drug-likeness (QED) is 0.301. The molecular formula is C27H28ClN3O2. The lowest BCUT2D eigenvalue weighted by molar-refractivity contribution is 0.0949. The van der Waals surface area contributed by atoms with E-state index in [4.69, 9.17) is 21.3 Å². The third kappa shape index (κ3) is 5.55. The summed E-state index contributed by atoms with van der Waals surface area (Å²) >= 11 is 6.16. The number of para-hydroxylation sites is 2. The van der Waals surface area contributed by atoms with Gasteiger partial charge in [0.25, 0.3) is 5.91 Å². The van der Waals surface area contributed by atoms with Crippen molar-refractivity contribution in [2.45, 2.75) is 39.3 Å². The molecule has 0 saturated heterocycles. The molecule has 4 aromatic rings. The predicted octanol–water partition coefficient (Wildman–Crippen LogP) is 6.21. The predicted molar refractivity (Wildman–Crippen MR) is 133 cm³/mol. The number of fused-ring (bicyclic) bond motifs is 1. The zero-order valence-corrected chi connectivity index (χ0v) is 19.7. The molecule has 0 aliphatic heterocycles. The van der Waals surface area contributed by atoms with Gasteiger partial charge in [-0.3, -0.25) is 4.79 Å². The van der Waals surface area contributed by atoms with E-state index in [-0.39, 0.29) is 5.91 Å². The molecule has 1 amide bonds. The van der Waals surface area contributed by atoms with Crippen LogP contribution in [0.15, 0.2) is 72.8 Å².